The second-order valence-electron chi connectivity index (χ2n) is 5.28. The lowest BCUT2D eigenvalue weighted by molar-refractivity contribution is -0.0512. The van der Waals surface area contributed by atoms with Crippen LogP contribution in [-0.2, 0) is 6.42 Å². The van der Waals surface area contributed by atoms with E-state index in [1.807, 2.05) is 6.07 Å². The highest BCUT2D eigenvalue weighted by Gasteiger charge is 2.15. The standard InChI is InChI=1S/C16H23F2N3O2.HI/c1-19-16(21-9-3-4-10-21)20-8-7-12-5-6-13(22-2)14(11-12)23-15(17)18;/h5-6,11,15H,3-4,7-10H2,1-2H3,(H,19,20);1H. The number of hydrogen-bond acceptors (Lipinski definition) is 3. The number of benzene rings is 1. The Morgan fingerprint density at radius 3 is 2.58 bits per heavy atom. The van der Waals surface area contributed by atoms with Crippen LogP contribution in [0.5, 0.6) is 11.5 Å². The number of alkyl halides is 2. The number of halogens is 3. The van der Waals surface area contributed by atoms with Gasteiger partial charge < -0.3 is 19.7 Å². The van der Waals surface area contributed by atoms with Gasteiger partial charge in [-0.2, -0.15) is 8.78 Å². The van der Waals surface area contributed by atoms with Crippen LogP contribution in [0.4, 0.5) is 8.78 Å². The van der Waals surface area contributed by atoms with Crippen molar-refractivity contribution in [3.8, 4) is 11.5 Å². The molecule has 0 spiro atoms. The fourth-order valence-electron chi connectivity index (χ4n) is 2.64. The summed E-state index contributed by atoms with van der Waals surface area (Å²) in [4.78, 5) is 6.49. The number of ether oxygens (including phenoxy) is 2. The quantitative estimate of drug-likeness (QED) is 0.407. The molecule has 0 atom stereocenters. The van der Waals surface area contributed by atoms with Gasteiger partial charge in [0.25, 0.3) is 0 Å². The molecule has 24 heavy (non-hydrogen) atoms. The molecule has 1 saturated heterocycles. The summed E-state index contributed by atoms with van der Waals surface area (Å²) in [7, 11) is 3.19. The third-order valence-electron chi connectivity index (χ3n) is 3.76. The number of methoxy groups -OCH3 is 1. The van der Waals surface area contributed by atoms with Crippen LogP contribution < -0.4 is 14.8 Å². The Balaban J connectivity index is 0.00000288. The fourth-order valence-corrected chi connectivity index (χ4v) is 2.64. The van der Waals surface area contributed by atoms with E-state index in [4.69, 9.17) is 4.74 Å². The Labute approximate surface area is 158 Å². The van der Waals surface area contributed by atoms with Crippen molar-refractivity contribution >= 4 is 29.9 Å². The van der Waals surface area contributed by atoms with Gasteiger partial charge in [0.1, 0.15) is 0 Å². The second-order valence-corrected chi connectivity index (χ2v) is 5.28. The Morgan fingerprint density at radius 1 is 1.29 bits per heavy atom. The molecule has 2 rings (SSSR count). The van der Waals surface area contributed by atoms with Gasteiger partial charge in [0.2, 0.25) is 0 Å². The number of nitrogens with zero attached hydrogens (tertiary/aromatic N) is 2. The van der Waals surface area contributed by atoms with Crippen molar-refractivity contribution in [2.45, 2.75) is 25.9 Å². The number of hydrogen-bond donors (Lipinski definition) is 1. The molecule has 8 heteroatoms. The SMILES string of the molecule is CN=C(NCCc1ccc(OC)c(OC(F)F)c1)N1CCCC1.I. The van der Waals surface area contributed by atoms with E-state index in [-0.39, 0.29) is 29.7 Å². The number of aliphatic imine (C=N–C) groups is 1. The maximum atomic E-state index is 12.4. The first kappa shape index (κ1) is 20.7. The first-order valence-electron chi connectivity index (χ1n) is 7.71. The molecule has 0 bridgehead atoms. The highest BCUT2D eigenvalue weighted by molar-refractivity contribution is 14.0. The molecule has 1 N–H and O–H groups in total. The van der Waals surface area contributed by atoms with Gasteiger partial charge in [-0.1, -0.05) is 6.07 Å². The largest absolute Gasteiger partial charge is 0.493 e. The summed E-state index contributed by atoms with van der Waals surface area (Å²) in [6.07, 6.45) is 3.05. The van der Waals surface area contributed by atoms with Crippen LogP contribution in [-0.4, -0.2) is 51.3 Å². The molecule has 0 unspecified atom stereocenters. The Morgan fingerprint density at radius 2 is 2.00 bits per heavy atom. The van der Waals surface area contributed by atoms with Crippen molar-refractivity contribution in [1.82, 2.24) is 10.2 Å². The average Bonchev–Trinajstić information content (AvgIpc) is 3.05. The first-order chi connectivity index (χ1) is 11.1. The zero-order valence-corrected chi connectivity index (χ0v) is 16.3. The lowest BCUT2D eigenvalue weighted by Gasteiger charge is -2.20. The van der Waals surface area contributed by atoms with Crippen LogP contribution >= 0.6 is 24.0 Å². The Bertz CT molecular complexity index is 538. The van der Waals surface area contributed by atoms with E-state index >= 15 is 0 Å². The van der Waals surface area contributed by atoms with E-state index in [0.717, 1.165) is 24.6 Å². The van der Waals surface area contributed by atoms with Crippen molar-refractivity contribution in [3.63, 3.8) is 0 Å². The van der Waals surface area contributed by atoms with Gasteiger partial charge in [-0.15, -0.1) is 24.0 Å². The number of rotatable bonds is 6. The van der Waals surface area contributed by atoms with Crippen LogP contribution in [0, 0.1) is 0 Å². The van der Waals surface area contributed by atoms with Crippen LogP contribution in [0.1, 0.15) is 18.4 Å². The molecular formula is C16H24F2IN3O2. The minimum Gasteiger partial charge on any atom is -0.493 e. The number of nitrogens with one attached hydrogen (secondary N) is 1. The van der Waals surface area contributed by atoms with Crippen molar-refractivity contribution in [2.75, 3.05) is 33.8 Å². The van der Waals surface area contributed by atoms with Crippen LogP contribution in [0.15, 0.2) is 23.2 Å². The minimum atomic E-state index is -2.87. The number of guanidine groups is 1. The maximum absolute atomic E-state index is 12.4. The molecule has 1 aromatic rings. The van der Waals surface area contributed by atoms with Gasteiger partial charge in [-0.3, -0.25) is 4.99 Å². The summed E-state index contributed by atoms with van der Waals surface area (Å²) in [5.74, 6) is 1.25. The molecule has 1 fully saturated rings. The van der Waals surface area contributed by atoms with Crippen LogP contribution in [0.25, 0.3) is 0 Å². The van der Waals surface area contributed by atoms with Gasteiger partial charge in [0.15, 0.2) is 17.5 Å². The summed E-state index contributed by atoms with van der Waals surface area (Å²) < 4.78 is 34.4. The van der Waals surface area contributed by atoms with Gasteiger partial charge >= 0.3 is 6.61 Å². The molecule has 1 aliphatic heterocycles. The third-order valence-corrected chi connectivity index (χ3v) is 3.76. The average molecular weight is 455 g/mol. The van der Waals surface area contributed by atoms with E-state index in [2.05, 4.69) is 19.9 Å². The molecule has 0 saturated carbocycles. The normalized spacial score (nSPS) is 14.5. The van der Waals surface area contributed by atoms with Crippen molar-refractivity contribution in [1.29, 1.82) is 0 Å². The van der Waals surface area contributed by atoms with Crippen molar-refractivity contribution < 1.29 is 18.3 Å². The van der Waals surface area contributed by atoms with E-state index < -0.39 is 6.61 Å². The molecule has 0 aliphatic carbocycles. The van der Waals surface area contributed by atoms with E-state index in [9.17, 15) is 8.78 Å². The molecule has 1 aliphatic rings. The summed E-state index contributed by atoms with van der Waals surface area (Å²) in [5.41, 5.74) is 0.894. The zero-order valence-electron chi connectivity index (χ0n) is 13.9. The molecule has 1 aromatic carbocycles. The molecule has 5 nitrogen and oxygen atoms in total. The minimum absolute atomic E-state index is 0. The monoisotopic (exact) mass is 455 g/mol. The van der Waals surface area contributed by atoms with Crippen LogP contribution in [0.2, 0.25) is 0 Å². The first-order valence-corrected chi connectivity index (χ1v) is 7.71. The lowest BCUT2D eigenvalue weighted by Crippen LogP contribution is -2.40. The summed E-state index contributed by atoms with van der Waals surface area (Å²) in [6.45, 7) is -0.154. The van der Waals surface area contributed by atoms with Crippen molar-refractivity contribution in [2.24, 2.45) is 4.99 Å². The Kier molecular flexibility index (Phi) is 9.09. The molecule has 1 heterocycles. The summed E-state index contributed by atoms with van der Waals surface area (Å²) in [6, 6.07) is 5.07. The summed E-state index contributed by atoms with van der Waals surface area (Å²) in [5, 5.41) is 3.30. The highest BCUT2D eigenvalue weighted by atomic mass is 127. The van der Waals surface area contributed by atoms with Crippen LogP contribution in [0.3, 0.4) is 0 Å². The van der Waals surface area contributed by atoms with E-state index in [1.165, 1.54) is 20.0 Å². The molecular weight excluding hydrogens is 431 g/mol. The molecule has 0 radical (unpaired) electrons. The van der Waals surface area contributed by atoms with Gasteiger partial charge in [0, 0.05) is 26.7 Å². The maximum Gasteiger partial charge on any atom is 0.387 e. The molecule has 136 valence electrons. The Hall–Kier alpha value is -1.32. The van der Waals surface area contributed by atoms with E-state index in [1.54, 1.807) is 19.2 Å². The lowest BCUT2D eigenvalue weighted by atomic mass is 10.1. The molecule has 0 aromatic heterocycles. The predicted molar refractivity (Wildman–Crippen MR) is 101 cm³/mol. The molecule has 0 amide bonds. The van der Waals surface area contributed by atoms with Gasteiger partial charge in [0.05, 0.1) is 7.11 Å². The zero-order chi connectivity index (χ0) is 16.7. The van der Waals surface area contributed by atoms with Gasteiger partial charge in [-0.25, -0.2) is 0 Å². The van der Waals surface area contributed by atoms with Crippen molar-refractivity contribution in [3.05, 3.63) is 23.8 Å². The fraction of sp³-hybridized carbons (Fsp3) is 0.562. The predicted octanol–water partition coefficient (Wildman–Crippen LogP) is 3.13. The third kappa shape index (κ3) is 5.95. The highest BCUT2D eigenvalue weighted by Crippen LogP contribution is 2.29. The number of likely N-dealkylation sites (tertiary alicyclic amines) is 1. The smallest absolute Gasteiger partial charge is 0.387 e. The van der Waals surface area contributed by atoms with E-state index in [0.29, 0.717) is 18.7 Å². The second kappa shape index (κ2) is 10.5. The summed E-state index contributed by atoms with van der Waals surface area (Å²) >= 11 is 0. The topological polar surface area (TPSA) is 46.1 Å². The van der Waals surface area contributed by atoms with Gasteiger partial charge in [-0.05, 0) is 37.0 Å².